The highest BCUT2D eigenvalue weighted by Crippen LogP contribution is 2.49. The summed E-state index contributed by atoms with van der Waals surface area (Å²) in [5, 5.41) is 9.70. The van der Waals surface area contributed by atoms with Crippen LogP contribution in [0.3, 0.4) is 0 Å². The molecule has 1 heterocycles. The molecule has 1 aromatic carbocycles. The zero-order valence-electron chi connectivity index (χ0n) is 14.0. The van der Waals surface area contributed by atoms with E-state index in [1.807, 2.05) is 18.2 Å². The molecule has 2 atom stereocenters. The van der Waals surface area contributed by atoms with E-state index < -0.39 is 11.4 Å². The molecule has 0 bridgehead atoms. The smallest absolute Gasteiger partial charge is 0.311 e. The summed E-state index contributed by atoms with van der Waals surface area (Å²) < 4.78 is 5.91. The molecular formula is C19H27NO3. The molecule has 4 nitrogen and oxygen atoms in total. The average Bonchev–Trinajstić information content (AvgIpc) is 3.07. The molecule has 0 unspecified atom stereocenters. The van der Waals surface area contributed by atoms with Gasteiger partial charge in [-0.05, 0) is 31.2 Å². The van der Waals surface area contributed by atoms with Crippen LogP contribution in [0.4, 0.5) is 0 Å². The Labute approximate surface area is 138 Å². The van der Waals surface area contributed by atoms with Crippen LogP contribution >= 0.6 is 0 Å². The number of hydrogen-bond donors (Lipinski definition) is 1. The minimum atomic E-state index is -0.602. The molecule has 2 fully saturated rings. The van der Waals surface area contributed by atoms with Crippen molar-refractivity contribution in [3.8, 4) is 5.75 Å². The van der Waals surface area contributed by atoms with Gasteiger partial charge >= 0.3 is 5.97 Å². The quantitative estimate of drug-likeness (QED) is 0.781. The van der Waals surface area contributed by atoms with E-state index in [0.29, 0.717) is 12.5 Å². The van der Waals surface area contributed by atoms with Crippen molar-refractivity contribution in [3.63, 3.8) is 0 Å². The van der Waals surface area contributed by atoms with E-state index in [-0.39, 0.29) is 0 Å². The van der Waals surface area contributed by atoms with Gasteiger partial charge < -0.3 is 9.84 Å². The van der Waals surface area contributed by atoms with Crippen molar-refractivity contribution < 1.29 is 14.6 Å². The van der Waals surface area contributed by atoms with E-state index >= 15 is 0 Å². The number of likely N-dealkylation sites (tertiary alicyclic amines) is 1. The number of hydrogen-bond acceptors (Lipinski definition) is 3. The zero-order valence-corrected chi connectivity index (χ0v) is 14.0. The normalized spacial score (nSPS) is 27.1. The van der Waals surface area contributed by atoms with Gasteiger partial charge in [-0.25, -0.2) is 0 Å². The SMILES string of the molecule is CCCCOc1ccccc1CN1C[C@@H]2CCC[C@@]2(C(=O)O)C1. The molecule has 0 aromatic heterocycles. The Morgan fingerprint density at radius 2 is 2.26 bits per heavy atom. The van der Waals surface area contributed by atoms with Crippen LogP contribution in [-0.2, 0) is 11.3 Å². The first-order valence-electron chi connectivity index (χ1n) is 8.82. The summed E-state index contributed by atoms with van der Waals surface area (Å²) in [5.41, 5.74) is 0.669. The third-order valence-electron chi connectivity index (χ3n) is 5.49. The van der Waals surface area contributed by atoms with Crippen LogP contribution in [0.15, 0.2) is 24.3 Å². The van der Waals surface area contributed by atoms with Crippen LogP contribution in [0, 0.1) is 11.3 Å². The number of aliphatic carboxylic acids is 1. The van der Waals surface area contributed by atoms with E-state index in [1.165, 1.54) is 5.56 Å². The second kappa shape index (κ2) is 6.91. The topological polar surface area (TPSA) is 49.8 Å². The molecule has 1 saturated carbocycles. The minimum Gasteiger partial charge on any atom is -0.493 e. The van der Waals surface area contributed by atoms with E-state index in [1.54, 1.807) is 0 Å². The molecule has 2 aliphatic rings. The number of carbonyl (C=O) groups is 1. The summed E-state index contributed by atoms with van der Waals surface area (Å²) in [6.07, 6.45) is 5.12. The molecule has 0 amide bonds. The summed E-state index contributed by atoms with van der Waals surface area (Å²) in [7, 11) is 0. The zero-order chi connectivity index (χ0) is 16.3. The van der Waals surface area contributed by atoms with Gasteiger partial charge in [0.2, 0.25) is 0 Å². The molecule has 0 spiro atoms. The fraction of sp³-hybridized carbons (Fsp3) is 0.632. The van der Waals surface area contributed by atoms with E-state index in [2.05, 4.69) is 17.9 Å². The van der Waals surface area contributed by atoms with Crippen molar-refractivity contribution in [2.75, 3.05) is 19.7 Å². The lowest BCUT2D eigenvalue weighted by Crippen LogP contribution is -2.35. The molecule has 0 radical (unpaired) electrons. The standard InChI is InChI=1S/C19H27NO3/c1-2-3-11-23-17-9-5-4-7-15(17)12-20-13-16-8-6-10-19(16,14-20)18(21)22/h4-5,7,9,16H,2-3,6,8,10-14H2,1H3,(H,21,22)/t16-,19+/m0/s1. The first-order valence-corrected chi connectivity index (χ1v) is 8.82. The largest absolute Gasteiger partial charge is 0.493 e. The van der Waals surface area contributed by atoms with Gasteiger partial charge in [0.15, 0.2) is 0 Å². The minimum absolute atomic E-state index is 0.313. The van der Waals surface area contributed by atoms with E-state index in [0.717, 1.165) is 57.6 Å². The number of carboxylic acids is 1. The van der Waals surface area contributed by atoms with Crippen LogP contribution in [0.1, 0.15) is 44.6 Å². The molecule has 1 aliphatic heterocycles. The lowest BCUT2D eigenvalue weighted by atomic mass is 9.81. The molecule has 3 rings (SSSR count). The van der Waals surface area contributed by atoms with Gasteiger partial charge in [-0.1, -0.05) is 38.0 Å². The predicted octanol–water partition coefficient (Wildman–Crippen LogP) is 3.55. The number of ether oxygens (including phenoxy) is 1. The number of carboxylic acid groups (broad SMARTS) is 1. The van der Waals surface area contributed by atoms with Crippen molar-refractivity contribution in [2.24, 2.45) is 11.3 Å². The summed E-state index contributed by atoms with van der Waals surface area (Å²) >= 11 is 0. The van der Waals surface area contributed by atoms with Crippen LogP contribution in [0.5, 0.6) is 5.75 Å². The van der Waals surface area contributed by atoms with Gasteiger partial charge in [-0.15, -0.1) is 0 Å². The summed E-state index contributed by atoms with van der Waals surface area (Å²) in [4.78, 5) is 14.1. The highest BCUT2D eigenvalue weighted by molar-refractivity contribution is 5.76. The van der Waals surface area contributed by atoms with Crippen LogP contribution in [0.25, 0.3) is 0 Å². The number of para-hydroxylation sites is 1. The fourth-order valence-corrected chi connectivity index (χ4v) is 4.21. The van der Waals surface area contributed by atoms with Crippen molar-refractivity contribution in [2.45, 2.75) is 45.6 Å². The van der Waals surface area contributed by atoms with Gasteiger partial charge in [-0.3, -0.25) is 9.69 Å². The maximum atomic E-state index is 11.8. The molecule has 23 heavy (non-hydrogen) atoms. The molecule has 1 aromatic rings. The van der Waals surface area contributed by atoms with E-state index in [4.69, 9.17) is 4.74 Å². The van der Waals surface area contributed by atoms with Crippen molar-refractivity contribution >= 4 is 5.97 Å². The van der Waals surface area contributed by atoms with Crippen molar-refractivity contribution in [3.05, 3.63) is 29.8 Å². The predicted molar refractivity (Wildman–Crippen MR) is 89.5 cm³/mol. The summed E-state index contributed by atoms with van der Waals surface area (Å²) in [5.74, 6) is 0.658. The lowest BCUT2D eigenvalue weighted by molar-refractivity contribution is -0.149. The first kappa shape index (κ1) is 16.3. The van der Waals surface area contributed by atoms with Crippen molar-refractivity contribution in [1.29, 1.82) is 0 Å². The monoisotopic (exact) mass is 317 g/mol. The molecule has 1 aliphatic carbocycles. The Hall–Kier alpha value is -1.55. The van der Waals surface area contributed by atoms with Gasteiger partial charge in [-0.2, -0.15) is 0 Å². The van der Waals surface area contributed by atoms with Crippen LogP contribution < -0.4 is 4.74 Å². The third-order valence-corrected chi connectivity index (χ3v) is 5.49. The number of unbranched alkanes of at least 4 members (excludes halogenated alkanes) is 1. The third kappa shape index (κ3) is 3.23. The fourth-order valence-electron chi connectivity index (χ4n) is 4.21. The number of benzene rings is 1. The molecule has 1 N–H and O–H groups in total. The summed E-state index contributed by atoms with van der Waals surface area (Å²) in [6.45, 7) is 5.26. The summed E-state index contributed by atoms with van der Waals surface area (Å²) in [6, 6.07) is 8.16. The Bertz CT molecular complexity index is 559. The Kier molecular flexibility index (Phi) is 4.90. The first-order chi connectivity index (χ1) is 11.2. The van der Waals surface area contributed by atoms with E-state index in [9.17, 15) is 9.90 Å². The lowest BCUT2D eigenvalue weighted by Gasteiger charge is -2.24. The van der Waals surface area contributed by atoms with Gasteiger partial charge in [0, 0.05) is 25.2 Å². The molecular weight excluding hydrogens is 290 g/mol. The van der Waals surface area contributed by atoms with Gasteiger partial charge in [0.05, 0.1) is 12.0 Å². The van der Waals surface area contributed by atoms with Gasteiger partial charge in [0.1, 0.15) is 5.75 Å². The second-order valence-electron chi connectivity index (χ2n) is 7.03. The maximum Gasteiger partial charge on any atom is 0.311 e. The number of rotatable bonds is 7. The molecule has 1 saturated heterocycles. The number of nitrogens with zero attached hydrogens (tertiary/aromatic N) is 1. The Morgan fingerprint density at radius 3 is 3.00 bits per heavy atom. The Balaban J connectivity index is 1.68. The maximum absolute atomic E-state index is 11.8. The van der Waals surface area contributed by atoms with Crippen molar-refractivity contribution in [1.82, 2.24) is 4.90 Å². The highest BCUT2D eigenvalue weighted by atomic mass is 16.5. The highest BCUT2D eigenvalue weighted by Gasteiger charge is 2.54. The average molecular weight is 317 g/mol. The molecule has 126 valence electrons. The second-order valence-corrected chi connectivity index (χ2v) is 7.03. The number of fused-ring (bicyclic) bond motifs is 1. The van der Waals surface area contributed by atoms with Gasteiger partial charge in [0.25, 0.3) is 0 Å². The Morgan fingerprint density at radius 1 is 1.43 bits per heavy atom. The van der Waals surface area contributed by atoms with Crippen LogP contribution in [0.2, 0.25) is 0 Å². The molecule has 4 heteroatoms. The van der Waals surface area contributed by atoms with Crippen LogP contribution in [-0.4, -0.2) is 35.7 Å².